The summed E-state index contributed by atoms with van der Waals surface area (Å²) in [6, 6.07) is 0. The molecule has 0 radical (unpaired) electrons. The van der Waals surface area contributed by atoms with Crippen LogP contribution >= 0.6 is 0 Å². The van der Waals surface area contributed by atoms with Gasteiger partial charge in [0.15, 0.2) is 0 Å². The Kier molecular flexibility index (Phi) is 4.28. The van der Waals surface area contributed by atoms with E-state index >= 15 is 0 Å². The zero-order valence-electron chi connectivity index (χ0n) is 7.61. The minimum Gasteiger partial charge on any atom is -0.284 e. The first-order valence-electron chi connectivity index (χ1n) is 4.47. The molecule has 1 aliphatic rings. The highest BCUT2D eigenvalue weighted by atomic mass is 32.2. The van der Waals surface area contributed by atoms with Gasteiger partial charge in [-0.2, -0.15) is 4.21 Å². The fourth-order valence-electron chi connectivity index (χ4n) is 1.79. The van der Waals surface area contributed by atoms with Crippen molar-refractivity contribution < 1.29 is 17.3 Å². The van der Waals surface area contributed by atoms with E-state index in [9.17, 15) is 8.60 Å². The Hall–Kier alpha value is -0.0000000000000000486. The van der Waals surface area contributed by atoms with Crippen LogP contribution in [0.1, 0.15) is 26.2 Å². The lowest BCUT2D eigenvalue weighted by Gasteiger charge is -2.29. The molecule has 1 rings (SSSR count). The molecule has 0 aromatic rings. The number of halogens is 1. The van der Waals surface area contributed by atoms with Crippen molar-refractivity contribution in [2.45, 2.75) is 32.4 Å². The first-order chi connectivity index (χ1) is 6.09. The van der Waals surface area contributed by atoms with Crippen LogP contribution in [0.2, 0.25) is 0 Å². The van der Waals surface area contributed by atoms with Gasteiger partial charge in [-0.05, 0) is 31.1 Å². The van der Waals surface area contributed by atoms with Crippen molar-refractivity contribution in [1.82, 2.24) is 0 Å². The maximum Gasteiger partial charge on any atom is 0.301 e. The molecule has 13 heavy (non-hydrogen) atoms. The lowest BCUT2D eigenvalue weighted by molar-refractivity contribution is 0.110. The van der Waals surface area contributed by atoms with E-state index in [1.165, 1.54) is 0 Å². The van der Waals surface area contributed by atoms with E-state index in [0.717, 1.165) is 6.42 Å². The normalized spacial score (nSPS) is 37.3. The van der Waals surface area contributed by atoms with E-state index in [1.54, 1.807) is 0 Å². The minimum atomic E-state index is -2.18. The second-order valence-electron chi connectivity index (χ2n) is 3.65. The van der Waals surface area contributed by atoms with Gasteiger partial charge >= 0.3 is 11.4 Å². The van der Waals surface area contributed by atoms with Gasteiger partial charge < -0.3 is 0 Å². The van der Waals surface area contributed by atoms with E-state index in [1.807, 2.05) is 6.92 Å². The Bertz CT molecular complexity index is 188. The SMILES string of the molecule is CC1CC(F)CCC1COS(=O)O. The Labute approximate surface area is 80.2 Å². The highest BCUT2D eigenvalue weighted by Crippen LogP contribution is 2.31. The summed E-state index contributed by atoms with van der Waals surface area (Å²) in [5, 5.41) is 0. The van der Waals surface area contributed by atoms with Crippen LogP contribution in [-0.2, 0) is 15.5 Å². The molecule has 0 aromatic heterocycles. The van der Waals surface area contributed by atoms with Gasteiger partial charge in [0, 0.05) is 0 Å². The Morgan fingerprint density at radius 2 is 2.31 bits per heavy atom. The van der Waals surface area contributed by atoms with Gasteiger partial charge in [0.2, 0.25) is 0 Å². The average Bonchev–Trinajstić information content (AvgIpc) is 2.02. The van der Waals surface area contributed by atoms with Crippen molar-refractivity contribution in [3.63, 3.8) is 0 Å². The van der Waals surface area contributed by atoms with Crippen LogP contribution in [0, 0.1) is 11.8 Å². The topological polar surface area (TPSA) is 46.5 Å². The van der Waals surface area contributed by atoms with Crippen LogP contribution < -0.4 is 0 Å². The molecule has 3 nitrogen and oxygen atoms in total. The summed E-state index contributed by atoms with van der Waals surface area (Å²) in [6.45, 7) is 2.22. The summed E-state index contributed by atoms with van der Waals surface area (Å²) in [7, 11) is 0. The molecule has 1 saturated carbocycles. The molecular formula is C8H15FO3S. The maximum atomic E-state index is 12.9. The maximum absolute atomic E-state index is 12.9. The second-order valence-corrected chi connectivity index (χ2v) is 4.32. The zero-order chi connectivity index (χ0) is 9.84. The van der Waals surface area contributed by atoms with Crippen molar-refractivity contribution in [2.24, 2.45) is 11.8 Å². The molecule has 78 valence electrons. The Balaban J connectivity index is 2.29. The predicted octanol–water partition coefficient (Wildman–Crippen LogP) is 1.91. The molecule has 1 fully saturated rings. The quantitative estimate of drug-likeness (QED) is 0.724. The zero-order valence-corrected chi connectivity index (χ0v) is 8.43. The fourth-order valence-corrected chi connectivity index (χ4v) is 2.08. The molecule has 4 atom stereocenters. The van der Waals surface area contributed by atoms with Gasteiger partial charge in [-0.3, -0.25) is 8.74 Å². The van der Waals surface area contributed by atoms with Gasteiger partial charge in [0.25, 0.3) is 0 Å². The third-order valence-corrected chi connectivity index (χ3v) is 3.00. The molecule has 0 saturated heterocycles. The van der Waals surface area contributed by atoms with Crippen LogP contribution in [0.3, 0.4) is 0 Å². The first kappa shape index (κ1) is 11.1. The monoisotopic (exact) mass is 210 g/mol. The third kappa shape index (κ3) is 3.70. The van der Waals surface area contributed by atoms with E-state index in [4.69, 9.17) is 4.55 Å². The second kappa shape index (κ2) is 5.02. The number of hydrogen-bond acceptors (Lipinski definition) is 2. The predicted molar refractivity (Wildman–Crippen MR) is 48.1 cm³/mol. The number of rotatable bonds is 3. The standard InChI is InChI=1S/C8H15FO3S/c1-6-4-8(9)3-2-7(6)5-12-13(10)11/h6-8H,2-5H2,1H3,(H,10,11). The summed E-state index contributed by atoms with van der Waals surface area (Å²) in [4.78, 5) is 0. The molecule has 4 unspecified atom stereocenters. The summed E-state index contributed by atoms with van der Waals surface area (Å²) in [5.74, 6) is 0.468. The van der Waals surface area contributed by atoms with Crippen molar-refractivity contribution in [2.75, 3.05) is 6.61 Å². The summed E-state index contributed by atoms with van der Waals surface area (Å²) in [5.41, 5.74) is 0. The highest BCUT2D eigenvalue weighted by molar-refractivity contribution is 7.74. The Morgan fingerprint density at radius 3 is 2.85 bits per heavy atom. The molecule has 0 spiro atoms. The average molecular weight is 210 g/mol. The van der Waals surface area contributed by atoms with Crippen molar-refractivity contribution >= 4 is 11.4 Å². The molecule has 1 N–H and O–H groups in total. The van der Waals surface area contributed by atoms with Gasteiger partial charge in [-0.15, -0.1) is 0 Å². The molecule has 0 aliphatic heterocycles. The summed E-state index contributed by atoms with van der Waals surface area (Å²) in [6.07, 6.45) is 1.15. The van der Waals surface area contributed by atoms with Crippen LogP contribution in [0.5, 0.6) is 0 Å². The van der Waals surface area contributed by atoms with E-state index in [-0.39, 0.29) is 18.4 Å². The smallest absolute Gasteiger partial charge is 0.284 e. The van der Waals surface area contributed by atoms with E-state index < -0.39 is 17.5 Å². The molecule has 0 amide bonds. The molecule has 1 aliphatic carbocycles. The van der Waals surface area contributed by atoms with Crippen LogP contribution in [0.4, 0.5) is 4.39 Å². The van der Waals surface area contributed by atoms with E-state index in [0.29, 0.717) is 12.8 Å². The van der Waals surface area contributed by atoms with Crippen LogP contribution in [0.25, 0.3) is 0 Å². The summed E-state index contributed by atoms with van der Waals surface area (Å²) < 4.78 is 36.1. The van der Waals surface area contributed by atoms with Crippen LogP contribution in [-0.4, -0.2) is 21.5 Å². The lowest BCUT2D eigenvalue weighted by atomic mass is 9.80. The Morgan fingerprint density at radius 1 is 1.62 bits per heavy atom. The largest absolute Gasteiger partial charge is 0.301 e. The molecule has 0 heterocycles. The fraction of sp³-hybridized carbons (Fsp3) is 1.00. The van der Waals surface area contributed by atoms with Crippen LogP contribution in [0.15, 0.2) is 0 Å². The van der Waals surface area contributed by atoms with E-state index in [2.05, 4.69) is 4.18 Å². The summed E-state index contributed by atoms with van der Waals surface area (Å²) >= 11 is -2.18. The number of hydrogen-bond donors (Lipinski definition) is 1. The molecular weight excluding hydrogens is 195 g/mol. The number of alkyl halides is 1. The van der Waals surface area contributed by atoms with Gasteiger partial charge in [-0.1, -0.05) is 6.92 Å². The molecule has 0 bridgehead atoms. The minimum absolute atomic E-state index is 0.225. The molecule has 5 heteroatoms. The van der Waals surface area contributed by atoms with Gasteiger partial charge in [0.1, 0.15) is 6.17 Å². The molecule has 0 aromatic carbocycles. The third-order valence-electron chi connectivity index (χ3n) is 2.67. The van der Waals surface area contributed by atoms with Gasteiger partial charge in [0.05, 0.1) is 6.61 Å². The highest BCUT2D eigenvalue weighted by Gasteiger charge is 2.27. The first-order valence-corrected chi connectivity index (χ1v) is 5.51. The van der Waals surface area contributed by atoms with Crippen molar-refractivity contribution in [3.8, 4) is 0 Å². The van der Waals surface area contributed by atoms with Gasteiger partial charge in [-0.25, -0.2) is 4.39 Å². The lowest BCUT2D eigenvalue weighted by Crippen LogP contribution is -2.27. The van der Waals surface area contributed by atoms with Crippen molar-refractivity contribution in [3.05, 3.63) is 0 Å². The van der Waals surface area contributed by atoms with Crippen molar-refractivity contribution in [1.29, 1.82) is 0 Å².